The second-order valence-electron chi connectivity index (χ2n) is 5.64. The number of phenols is 1. The molecule has 0 aliphatic carbocycles. The highest BCUT2D eigenvalue weighted by atomic mass is 16.5. The molecule has 5 heteroatoms. The third-order valence-electron chi connectivity index (χ3n) is 4.20. The highest BCUT2D eigenvalue weighted by Gasteiger charge is 2.35. The van der Waals surface area contributed by atoms with Crippen molar-refractivity contribution in [1.29, 1.82) is 0 Å². The van der Waals surface area contributed by atoms with Gasteiger partial charge in [0.25, 0.3) is 0 Å². The van der Waals surface area contributed by atoms with Gasteiger partial charge in [-0.3, -0.25) is 0 Å². The largest absolute Gasteiger partial charge is 0.504 e. The van der Waals surface area contributed by atoms with E-state index in [4.69, 9.17) is 14.6 Å². The van der Waals surface area contributed by atoms with E-state index >= 15 is 0 Å². The van der Waals surface area contributed by atoms with E-state index in [1.165, 1.54) is 7.11 Å². The van der Waals surface area contributed by atoms with E-state index in [0.717, 1.165) is 22.4 Å². The molecule has 0 saturated carbocycles. The fourth-order valence-corrected chi connectivity index (χ4v) is 3.00. The Hall–Kier alpha value is -2.50. The summed E-state index contributed by atoms with van der Waals surface area (Å²) >= 11 is 0. The van der Waals surface area contributed by atoms with Crippen LogP contribution in [0.4, 0.5) is 0 Å². The molecule has 0 aromatic heterocycles. The lowest BCUT2D eigenvalue weighted by atomic mass is 9.91. The molecule has 5 nitrogen and oxygen atoms in total. The molecule has 126 valence electrons. The van der Waals surface area contributed by atoms with Crippen LogP contribution in [0.2, 0.25) is 0 Å². The number of rotatable bonds is 5. The predicted molar refractivity (Wildman–Crippen MR) is 90.4 cm³/mol. The van der Waals surface area contributed by atoms with Crippen molar-refractivity contribution < 1.29 is 24.8 Å². The van der Waals surface area contributed by atoms with Gasteiger partial charge in [0, 0.05) is 5.56 Å². The SMILES string of the molecule is COc1cc(C2Oc3ccc(/C=C/CO)cc3C2CO)ccc1O. The first-order valence-electron chi connectivity index (χ1n) is 7.73. The lowest BCUT2D eigenvalue weighted by molar-refractivity contribution is 0.159. The van der Waals surface area contributed by atoms with Crippen LogP contribution in [0.5, 0.6) is 17.2 Å². The molecular formula is C19H20O5. The van der Waals surface area contributed by atoms with Crippen LogP contribution in [0.1, 0.15) is 28.7 Å². The van der Waals surface area contributed by atoms with Crippen molar-refractivity contribution in [1.82, 2.24) is 0 Å². The molecule has 2 aromatic rings. The number of benzene rings is 2. The Labute approximate surface area is 140 Å². The number of methoxy groups -OCH3 is 1. The van der Waals surface area contributed by atoms with E-state index in [9.17, 15) is 10.2 Å². The van der Waals surface area contributed by atoms with Crippen molar-refractivity contribution in [2.75, 3.05) is 20.3 Å². The van der Waals surface area contributed by atoms with Crippen molar-refractivity contribution in [3.63, 3.8) is 0 Å². The van der Waals surface area contributed by atoms with E-state index in [0.29, 0.717) is 5.75 Å². The molecule has 1 aliphatic heterocycles. The number of aliphatic hydroxyl groups excluding tert-OH is 2. The summed E-state index contributed by atoms with van der Waals surface area (Å²) in [6.45, 7) is -0.0824. The van der Waals surface area contributed by atoms with Gasteiger partial charge in [-0.05, 0) is 35.4 Å². The van der Waals surface area contributed by atoms with Crippen LogP contribution in [-0.4, -0.2) is 35.6 Å². The number of fused-ring (bicyclic) bond motifs is 1. The van der Waals surface area contributed by atoms with Crippen molar-refractivity contribution in [2.24, 2.45) is 0 Å². The van der Waals surface area contributed by atoms with Gasteiger partial charge in [0.2, 0.25) is 0 Å². The Kier molecular flexibility index (Phi) is 4.74. The molecule has 2 atom stereocenters. The van der Waals surface area contributed by atoms with E-state index in [1.54, 1.807) is 24.3 Å². The highest BCUT2D eigenvalue weighted by molar-refractivity contribution is 5.56. The Balaban J connectivity index is 1.95. The average molecular weight is 328 g/mol. The Morgan fingerprint density at radius 3 is 2.71 bits per heavy atom. The normalized spacial score (nSPS) is 19.3. The van der Waals surface area contributed by atoms with Crippen LogP contribution in [0.3, 0.4) is 0 Å². The van der Waals surface area contributed by atoms with Crippen LogP contribution in [0, 0.1) is 0 Å². The fraction of sp³-hybridized carbons (Fsp3) is 0.263. The Morgan fingerprint density at radius 2 is 2.00 bits per heavy atom. The van der Waals surface area contributed by atoms with Gasteiger partial charge >= 0.3 is 0 Å². The predicted octanol–water partition coefficient (Wildman–Crippen LogP) is 2.62. The Bertz CT molecular complexity index is 753. The molecule has 1 aliphatic rings. The van der Waals surface area contributed by atoms with E-state index in [2.05, 4.69) is 0 Å². The maximum Gasteiger partial charge on any atom is 0.160 e. The lowest BCUT2D eigenvalue weighted by Gasteiger charge is -2.18. The van der Waals surface area contributed by atoms with Crippen LogP contribution in [0.15, 0.2) is 42.5 Å². The zero-order valence-corrected chi connectivity index (χ0v) is 13.3. The van der Waals surface area contributed by atoms with E-state index < -0.39 is 0 Å². The molecule has 24 heavy (non-hydrogen) atoms. The van der Waals surface area contributed by atoms with Gasteiger partial charge in [-0.2, -0.15) is 0 Å². The number of ether oxygens (including phenoxy) is 2. The minimum Gasteiger partial charge on any atom is -0.504 e. The zero-order valence-electron chi connectivity index (χ0n) is 13.3. The lowest BCUT2D eigenvalue weighted by Crippen LogP contribution is -2.13. The topological polar surface area (TPSA) is 79.2 Å². The minimum absolute atomic E-state index is 0.0209. The monoisotopic (exact) mass is 328 g/mol. The van der Waals surface area contributed by atoms with Crippen molar-refractivity contribution in [3.8, 4) is 17.2 Å². The van der Waals surface area contributed by atoms with E-state index in [-0.39, 0.29) is 31.0 Å². The first-order chi connectivity index (χ1) is 11.7. The fourth-order valence-electron chi connectivity index (χ4n) is 3.00. The van der Waals surface area contributed by atoms with Gasteiger partial charge in [-0.1, -0.05) is 24.3 Å². The van der Waals surface area contributed by atoms with E-state index in [1.807, 2.05) is 24.3 Å². The molecule has 1 heterocycles. The highest BCUT2D eigenvalue weighted by Crippen LogP contribution is 2.47. The summed E-state index contributed by atoms with van der Waals surface area (Å²) in [7, 11) is 1.49. The molecule has 0 radical (unpaired) electrons. The molecule has 0 bridgehead atoms. The molecule has 0 fully saturated rings. The van der Waals surface area contributed by atoms with Crippen LogP contribution < -0.4 is 9.47 Å². The first-order valence-corrected chi connectivity index (χ1v) is 7.73. The van der Waals surface area contributed by atoms with Gasteiger partial charge in [-0.15, -0.1) is 0 Å². The van der Waals surface area contributed by atoms with Crippen molar-refractivity contribution >= 4 is 6.08 Å². The van der Waals surface area contributed by atoms with Crippen LogP contribution >= 0.6 is 0 Å². The summed E-state index contributed by atoms with van der Waals surface area (Å²) in [6, 6.07) is 10.8. The number of aromatic hydroxyl groups is 1. The average Bonchev–Trinajstić information content (AvgIpc) is 2.98. The molecule has 2 aromatic carbocycles. The summed E-state index contributed by atoms with van der Waals surface area (Å²) in [4.78, 5) is 0. The first kappa shape index (κ1) is 16.4. The van der Waals surface area contributed by atoms with Gasteiger partial charge in [0.1, 0.15) is 11.9 Å². The molecule has 2 unspecified atom stereocenters. The molecule has 0 amide bonds. The quantitative estimate of drug-likeness (QED) is 0.786. The maximum absolute atomic E-state index is 9.87. The zero-order chi connectivity index (χ0) is 17.1. The molecule has 3 rings (SSSR count). The van der Waals surface area contributed by atoms with Crippen molar-refractivity contribution in [3.05, 3.63) is 59.2 Å². The summed E-state index contributed by atoms with van der Waals surface area (Å²) in [5.74, 6) is 0.952. The smallest absolute Gasteiger partial charge is 0.160 e. The standard InChI is InChI=1S/C19H20O5/c1-23-18-10-13(5-6-16(18)22)19-15(11-21)14-9-12(3-2-8-20)4-7-17(14)24-19/h2-7,9-10,15,19-22H,8,11H2,1H3/b3-2+. The maximum atomic E-state index is 9.87. The second-order valence-corrected chi connectivity index (χ2v) is 5.64. The molecule has 0 saturated heterocycles. The minimum atomic E-state index is -0.350. The summed E-state index contributed by atoms with van der Waals surface area (Å²) in [5, 5.41) is 28.5. The Morgan fingerprint density at radius 1 is 1.17 bits per heavy atom. The van der Waals surface area contributed by atoms with Gasteiger partial charge < -0.3 is 24.8 Å². The summed E-state index contributed by atoms with van der Waals surface area (Å²) in [5.41, 5.74) is 2.69. The molecule has 0 spiro atoms. The number of aliphatic hydroxyl groups is 2. The van der Waals surface area contributed by atoms with Gasteiger partial charge in [-0.25, -0.2) is 0 Å². The van der Waals surface area contributed by atoms with Gasteiger partial charge in [0.15, 0.2) is 11.5 Å². The van der Waals surface area contributed by atoms with Crippen molar-refractivity contribution in [2.45, 2.75) is 12.0 Å². The summed E-state index contributed by atoms with van der Waals surface area (Å²) in [6.07, 6.45) is 3.14. The number of phenolic OH excluding ortho intramolecular Hbond substituents is 1. The second kappa shape index (κ2) is 6.95. The van der Waals surface area contributed by atoms with Crippen LogP contribution in [-0.2, 0) is 0 Å². The third-order valence-corrected chi connectivity index (χ3v) is 4.20. The number of hydrogen-bond donors (Lipinski definition) is 3. The third kappa shape index (κ3) is 2.96. The molecule has 3 N–H and O–H groups in total. The molecular weight excluding hydrogens is 308 g/mol. The number of hydrogen-bond acceptors (Lipinski definition) is 5. The summed E-state index contributed by atoms with van der Waals surface area (Å²) < 4.78 is 11.2. The van der Waals surface area contributed by atoms with Crippen LogP contribution in [0.25, 0.3) is 6.08 Å². The van der Waals surface area contributed by atoms with Gasteiger partial charge in [0.05, 0.1) is 26.2 Å².